The van der Waals surface area contributed by atoms with Crippen LogP contribution in [0.4, 0.5) is 5.69 Å². The van der Waals surface area contributed by atoms with E-state index < -0.39 is 4.92 Å². The molecule has 0 radical (unpaired) electrons. The minimum atomic E-state index is -0.535. The van der Waals surface area contributed by atoms with E-state index in [1.807, 2.05) is 13.8 Å². The Balaban J connectivity index is 1.71. The molecule has 9 heteroatoms. The zero-order valence-electron chi connectivity index (χ0n) is 16.5. The molecule has 1 aliphatic carbocycles. The zero-order valence-corrected chi connectivity index (χ0v) is 16.5. The smallest absolute Gasteiger partial charge is 0.273 e. The molecule has 2 aromatic rings. The second kappa shape index (κ2) is 8.85. The molecule has 1 aromatic carbocycles. The largest absolute Gasteiger partial charge is 0.359 e. The Morgan fingerprint density at radius 1 is 1.34 bits per heavy atom. The number of nitrogens with zero attached hydrogens (tertiary/aromatic N) is 3. The molecule has 0 unspecified atom stereocenters. The van der Waals surface area contributed by atoms with Crippen molar-refractivity contribution in [2.45, 2.75) is 33.2 Å². The van der Waals surface area contributed by atoms with Crippen LogP contribution in [0.15, 0.2) is 34.9 Å². The van der Waals surface area contributed by atoms with Crippen molar-refractivity contribution in [2.75, 3.05) is 13.1 Å². The molecule has 0 saturated heterocycles. The van der Waals surface area contributed by atoms with Crippen LogP contribution in [0.1, 0.15) is 53.3 Å². The van der Waals surface area contributed by atoms with Crippen LogP contribution >= 0.6 is 0 Å². The number of benzene rings is 1. The van der Waals surface area contributed by atoms with Crippen LogP contribution in [0.3, 0.4) is 0 Å². The van der Waals surface area contributed by atoms with Crippen molar-refractivity contribution in [3.63, 3.8) is 0 Å². The van der Waals surface area contributed by atoms with Crippen LogP contribution < -0.4 is 5.32 Å². The van der Waals surface area contributed by atoms with Gasteiger partial charge < -0.3 is 14.7 Å². The molecule has 0 aliphatic heterocycles. The molecule has 2 amide bonds. The van der Waals surface area contributed by atoms with E-state index in [0.29, 0.717) is 24.8 Å². The predicted octanol–water partition coefficient (Wildman–Crippen LogP) is 3.02. The average Bonchev–Trinajstić information content (AvgIpc) is 3.41. The molecule has 1 heterocycles. The molecule has 1 fully saturated rings. The number of carbonyl (C=O) groups excluding carboxylic acids is 2. The van der Waals surface area contributed by atoms with Crippen LogP contribution in [0.2, 0.25) is 0 Å². The van der Waals surface area contributed by atoms with Gasteiger partial charge in [0.2, 0.25) is 0 Å². The van der Waals surface area contributed by atoms with E-state index in [1.165, 1.54) is 29.2 Å². The lowest BCUT2D eigenvalue weighted by atomic mass is 10.1. The Morgan fingerprint density at radius 2 is 2.10 bits per heavy atom. The maximum absolute atomic E-state index is 12.9. The molecule has 1 N–H and O–H groups in total. The molecule has 1 aliphatic rings. The van der Waals surface area contributed by atoms with Crippen molar-refractivity contribution in [1.82, 2.24) is 15.4 Å². The first-order chi connectivity index (χ1) is 13.8. The Morgan fingerprint density at radius 3 is 2.76 bits per heavy atom. The molecule has 154 valence electrons. The van der Waals surface area contributed by atoms with Crippen molar-refractivity contribution in [3.8, 4) is 0 Å². The molecule has 0 spiro atoms. The van der Waals surface area contributed by atoms with E-state index in [1.54, 1.807) is 6.07 Å². The summed E-state index contributed by atoms with van der Waals surface area (Å²) in [4.78, 5) is 37.1. The quantitative estimate of drug-likeness (QED) is 0.510. The van der Waals surface area contributed by atoms with Crippen LogP contribution in [0.25, 0.3) is 0 Å². The van der Waals surface area contributed by atoms with Gasteiger partial charge >= 0.3 is 0 Å². The lowest BCUT2D eigenvalue weighted by molar-refractivity contribution is -0.384. The monoisotopic (exact) mass is 400 g/mol. The average molecular weight is 400 g/mol. The molecule has 9 nitrogen and oxygen atoms in total. The van der Waals surface area contributed by atoms with Crippen LogP contribution in [-0.4, -0.2) is 39.9 Å². The molecule has 0 atom stereocenters. The summed E-state index contributed by atoms with van der Waals surface area (Å²) >= 11 is 0. The van der Waals surface area contributed by atoms with E-state index in [0.717, 1.165) is 12.8 Å². The van der Waals surface area contributed by atoms with Gasteiger partial charge in [-0.2, -0.15) is 0 Å². The zero-order chi connectivity index (χ0) is 21.0. The number of rotatable bonds is 9. The lowest BCUT2D eigenvalue weighted by Gasteiger charge is -2.23. The van der Waals surface area contributed by atoms with Gasteiger partial charge in [-0.05, 0) is 30.7 Å². The summed E-state index contributed by atoms with van der Waals surface area (Å²) in [6.07, 6.45) is 2.27. The first kappa shape index (κ1) is 20.5. The summed E-state index contributed by atoms with van der Waals surface area (Å²) in [7, 11) is 0. The highest BCUT2D eigenvalue weighted by Crippen LogP contribution is 2.27. The standard InChI is InChI=1S/C20H24N4O5/c1-13(2)11-23(20(26)15-4-3-5-16(8-15)24(27)28)12-17-9-18(22-29-17)19(25)21-10-14-6-7-14/h3-5,8-9,13-14H,6-7,10-12H2,1-2H3,(H,21,25). The Labute approximate surface area is 168 Å². The third-order valence-electron chi connectivity index (χ3n) is 4.56. The lowest BCUT2D eigenvalue weighted by Crippen LogP contribution is -2.33. The number of nitro benzene ring substituents is 1. The second-order valence-corrected chi connectivity index (χ2v) is 7.72. The molecule has 1 aromatic heterocycles. The van der Waals surface area contributed by atoms with Gasteiger partial charge in [0.05, 0.1) is 11.5 Å². The second-order valence-electron chi connectivity index (χ2n) is 7.72. The van der Waals surface area contributed by atoms with E-state index >= 15 is 0 Å². The van der Waals surface area contributed by atoms with Crippen molar-refractivity contribution in [1.29, 1.82) is 0 Å². The van der Waals surface area contributed by atoms with Crippen LogP contribution in [0.5, 0.6) is 0 Å². The van der Waals surface area contributed by atoms with Crippen LogP contribution in [-0.2, 0) is 6.54 Å². The molecule has 3 rings (SSSR count). The Bertz CT molecular complexity index is 904. The van der Waals surface area contributed by atoms with Crippen molar-refractivity contribution >= 4 is 17.5 Å². The number of nitro groups is 1. The van der Waals surface area contributed by atoms with Gasteiger partial charge in [-0.25, -0.2) is 0 Å². The molecular formula is C20H24N4O5. The minimum absolute atomic E-state index is 0.114. The summed E-state index contributed by atoms with van der Waals surface area (Å²) in [5.41, 5.74) is 0.254. The highest BCUT2D eigenvalue weighted by molar-refractivity contribution is 5.95. The number of amides is 2. The van der Waals surface area contributed by atoms with Gasteiger partial charge in [0, 0.05) is 36.9 Å². The van der Waals surface area contributed by atoms with Crippen molar-refractivity contribution in [2.24, 2.45) is 11.8 Å². The van der Waals surface area contributed by atoms with E-state index in [9.17, 15) is 19.7 Å². The van der Waals surface area contributed by atoms with Gasteiger partial charge in [0.25, 0.3) is 17.5 Å². The fourth-order valence-corrected chi connectivity index (χ4v) is 2.93. The van der Waals surface area contributed by atoms with E-state index in [2.05, 4.69) is 10.5 Å². The third kappa shape index (κ3) is 5.63. The summed E-state index contributed by atoms with van der Waals surface area (Å²) < 4.78 is 5.26. The van der Waals surface area contributed by atoms with Gasteiger partial charge in [-0.1, -0.05) is 25.1 Å². The first-order valence-corrected chi connectivity index (χ1v) is 9.61. The fourth-order valence-electron chi connectivity index (χ4n) is 2.93. The number of hydrogen-bond donors (Lipinski definition) is 1. The van der Waals surface area contributed by atoms with Gasteiger partial charge in [-0.15, -0.1) is 0 Å². The first-order valence-electron chi connectivity index (χ1n) is 9.61. The SMILES string of the molecule is CC(C)CN(Cc1cc(C(=O)NCC2CC2)no1)C(=O)c1cccc([N+](=O)[O-])c1. The van der Waals surface area contributed by atoms with Gasteiger partial charge in [-0.3, -0.25) is 19.7 Å². The third-order valence-corrected chi connectivity index (χ3v) is 4.56. The number of non-ortho nitro benzene ring substituents is 1. The summed E-state index contributed by atoms with van der Waals surface area (Å²) in [5.74, 6) is 0.452. The summed E-state index contributed by atoms with van der Waals surface area (Å²) in [6.45, 7) is 5.09. The number of nitrogens with one attached hydrogen (secondary N) is 1. The van der Waals surface area contributed by atoms with Crippen molar-refractivity contribution < 1.29 is 19.0 Å². The molecule has 0 bridgehead atoms. The highest BCUT2D eigenvalue weighted by Gasteiger charge is 2.24. The normalized spacial score (nSPS) is 13.3. The van der Waals surface area contributed by atoms with Crippen LogP contribution in [0, 0.1) is 22.0 Å². The minimum Gasteiger partial charge on any atom is -0.359 e. The number of carbonyl (C=O) groups is 2. The Kier molecular flexibility index (Phi) is 6.26. The summed E-state index contributed by atoms with van der Waals surface area (Å²) in [6, 6.07) is 7.14. The number of hydrogen-bond acceptors (Lipinski definition) is 6. The molecule has 29 heavy (non-hydrogen) atoms. The Hall–Kier alpha value is -3.23. The van der Waals surface area contributed by atoms with Crippen molar-refractivity contribution in [3.05, 3.63) is 57.5 Å². The highest BCUT2D eigenvalue weighted by atomic mass is 16.6. The topological polar surface area (TPSA) is 119 Å². The summed E-state index contributed by atoms with van der Waals surface area (Å²) in [5, 5.41) is 17.6. The van der Waals surface area contributed by atoms with E-state index in [4.69, 9.17) is 4.52 Å². The predicted molar refractivity (Wildman–Crippen MR) is 104 cm³/mol. The number of aromatic nitrogens is 1. The van der Waals surface area contributed by atoms with Gasteiger partial charge in [0.1, 0.15) is 0 Å². The maximum atomic E-state index is 12.9. The van der Waals surface area contributed by atoms with E-state index in [-0.39, 0.29) is 41.2 Å². The maximum Gasteiger partial charge on any atom is 0.273 e. The fraction of sp³-hybridized carbons (Fsp3) is 0.450. The molecule has 1 saturated carbocycles. The van der Waals surface area contributed by atoms with Gasteiger partial charge in [0.15, 0.2) is 11.5 Å². The molecular weight excluding hydrogens is 376 g/mol.